The number of anilines is 1. The zero-order chi connectivity index (χ0) is 22.6. The van der Waals surface area contributed by atoms with Gasteiger partial charge in [0.15, 0.2) is 0 Å². The Morgan fingerprint density at radius 1 is 1.06 bits per heavy atom. The molecular weight excluding hydrogens is 432 g/mol. The van der Waals surface area contributed by atoms with Gasteiger partial charge in [-0.2, -0.15) is 9.29 Å². The zero-order valence-corrected chi connectivity index (χ0v) is 19.4. The molecule has 0 aliphatic carbocycles. The van der Waals surface area contributed by atoms with Gasteiger partial charge in [0.1, 0.15) is 6.61 Å². The lowest BCUT2D eigenvalue weighted by Crippen LogP contribution is -2.38. The number of hydrogen-bond donors (Lipinski definition) is 0. The van der Waals surface area contributed by atoms with Crippen LogP contribution in [-0.2, 0) is 34.1 Å². The summed E-state index contributed by atoms with van der Waals surface area (Å²) in [6.45, 7) is 5.41. The average Bonchev–Trinajstić information content (AvgIpc) is 2.81. The van der Waals surface area contributed by atoms with Crippen LogP contribution in [0.1, 0.15) is 36.6 Å². The van der Waals surface area contributed by atoms with Crippen LogP contribution in [0.3, 0.4) is 0 Å². The first-order valence-corrected chi connectivity index (χ1v) is 12.9. The molecule has 174 valence electrons. The number of hydrogen-bond acceptors (Lipinski definition) is 9. The van der Waals surface area contributed by atoms with Crippen LogP contribution in [0.15, 0.2) is 18.6 Å². The third-order valence-electron chi connectivity index (χ3n) is 5.84. The second-order valence-electron chi connectivity index (χ2n) is 8.12. The molecule has 0 amide bonds. The van der Waals surface area contributed by atoms with Gasteiger partial charge in [-0.05, 0) is 24.8 Å². The summed E-state index contributed by atoms with van der Waals surface area (Å²) in [4.78, 5) is 19.8. The van der Waals surface area contributed by atoms with Crippen molar-refractivity contribution in [3.05, 3.63) is 35.4 Å². The minimum Gasteiger partial charge on any atom is -0.461 e. The Labute approximate surface area is 189 Å². The molecule has 0 aromatic carbocycles. The number of nitrogens with zero attached hydrogens (tertiary/aromatic N) is 6. The highest BCUT2D eigenvalue weighted by molar-refractivity contribution is 7.88. The maximum Gasteiger partial charge on any atom is 0.316 e. The van der Waals surface area contributed by atoms with Gasteiger partial charge in [-0.25, -0.2) is 23.4 Å². The van der Waals surface area contributed by atoms with Gasteiger partial charge in [-0.15, -0.1) is 0 Å². The van der Waals surface area contributed by atoms with Crippen LogP contribution in [0.5, 0.6) is 6.01 Å². The lowest BCUT2D eigenvalue weighted by Gasteiger charge is -2.31. The minimum absolute atomic E-state index is 0.191. The number of aromatic nitrogens is 4. The number of sulfonamides is 1. The van der Waals surface area contributed by atoms with E-state index in [0.717, 1.165) is 55.1 Å². The monoisotopic (exact) mass is 462 g/mol. The molecule has 2 aromatic heterocycles. The first-order chi connectivity index (χ1) is 15.4. The first-order valence-electron chi connectivity index (χ1n) is 11.0. The van der Waals surface area contributed by atoms with Crippen LogP contribution in [-0.4, -0.2) is 77.9 Å². The second kappa shape index (κ2) is 10.1. The smallest absolute Gasteiger partial charge is 0.316 e. The number of aryl methyl sites for hydroxylation is 1. The van der Waals surface area contributed by atoms with Crippen molar-refractivity contribution in [1.29, 1.82) is 0 Å². The molecule has 0 radical (unpaired) electrons. The van der Waals surface area contributed by atoms with E-state index >= 15 is 0 Å². The van der Waals surface area contributed by atoms with Crippen molar-refractivity contribution in [2.24, 2.45) is 0 Å². The summed E-state index contributed by atoms with van der Waals surface area (Å²) < 4.78 is 36.5. The zero-order valence-electron chi connectivity index (χ0n) is 18.6. The van der Waals surface area contributed by atoms with Gasteiger partial charge in [0, 0.05) is 56.8 Å². The predicted octanol–water partition coefficient (Wildman–Crippen LogP) is 1.21. The Hall–Kier alpha value is -2.37. The fourth-order valence-electron chi connectivity index (χ4n) is 3.89. The van der Waals surface area contributed by atoms with Gasteiger partial charge < -0.3 is 14.4 Å². The molecule has 1 saturated heterocycles. The minimum atomic E-state index is -3.21. The third kappa shape index (κ3) is 5.70. The summed E-state index contributed by atoms with van der Waals surface area (Å²) in [5.74, 6) is 0.785. The Morgan fingerprint density at radius 3 is 2.50 bits per heavy atom. The molecule has 0 atom stereocenters. The van der Waals surface area contributed by atoms with Gasteiger partial charge in [-0.3, -0.25) is 0 Å². The number of piperidine rings is 1. The quantitative estimate of drug-likeness (QED) is 0.535. The second-order valence-corrected chi connectivity index (χ2v) is 10.1. The van der Waals surface area contributed by atoms with Gasteiger partial charge in [0.25, 0.3) is 0 Å². The van der Waals surface area contributed by atoms with Crippen molar-refractivity contribution in [3.8, 4) is 6.01 Å². The average molecular weight is 463 g/mol. The molecule has 32 heavy (non-hydrogen) atoms. The first kappa shape index (κ1) is 22.8. The van der Waals surface area contributed by atoms with E-state index < -0.39 is 10.0 Å². The Balaban J connectivity index is 1.18. The van der Waals surface area contributed by atoms with Crippen LogP contribution < -0.4 is 9.64 Å². The molecule has 2 aromatic rings. The number of rotatable bonds is 8. The lowest BCUT2D eigenvalue weighted by atomic mass is 10.1. The van der Waals surface area contributed by atoms with Gasteiger partial charge in [-0.1, -0.05) is 6.92 Å². The molecule has 2 aliphatic rings. The summed E-state index contributed by atoms with van der Waals surface area (Å²) >= 11 is 0. The van der Waals surface area contributed by atoms with Gasteiger partial charge in [0.2, 0.25) is 16.0 Å². The highest BCUT2D eigenvalue weighted by Gasteiger charge is 2.25. The number of fused-ring (bicyclic) bond motifs is 1. The van der Waals surface area contributed by atoms with Crippen molar-refractivity contribution >= 4 is 16.0 Å². The molecule has 0 bridgehead atoms. The molecular formula is C21H30N6O4S. The molecule has 2 aliphatic heterocycles. The van der Waals surface area contributed by atoms with E-state index in [4.69, 9.17) is 9.47 Å². The molecule has 0 N–H and O–H groups in total. The van der Waals surface area contributed by atoms with Crippen LogP contribution in [0.4, 0.5) is 5.95 Å². The molecule has 11 heteroatoms. The summed E-state index contributed by atoms with van der Waals surface area (Å²) in [7, 11) is -3.21. The van der Waals surface area contributed by atoms with Crippen molar-refractivity contribution < 1.29 is 17.9 Å². The van der Waals surface area contributed by atoms with Crippen molar-refractivity contribution in [2.45, 2.75) is 45.3 Å². The maximum atomic E-state index is 11.7. The standard InChI is InChI=1S/C21H30N6O4S/c1-3-16-12-22-20(23-13-16)26-7-4-18(5-8-26)30-10-11-31-21-24-14-17-15-27(32(2,28)29)9-6-19(17)25-21/h12-14,18H,3-11,15H2,1-2H3. The normalized spacial score (nSPS) is 17.9. The summed E-state index contributed by atoms with van der Waals surface area (Å²) in [6, 6.07) is 0.308. The Morgan fingerprint density at radius 2 is 1.81 bits per heavy atom. The van der Waals surface area contributed by atoms with E-state index in [2.05, 4.69) is 31.8 Å². The Bertz CT molecular complexity index is 1010. The van der Waals surface area contributed by atoms with Crippen molar-refractivity contribution in [2.75, 3.05) is 44.0 Å². The van der Waals surface area contributed by atoms with E-state index in [1.165, 1.54) is 10.6 Å². The largest absolute Gasteiger partial charge is 0.461 e. The van der Waals surface area contributed by atoms with E-state index in [1.807, 2.05) is 12.4 Å². The maximum absolute atomic E-state index is 11.7. The Kier molecular flexibility index (Phi) is 7.17. The van der Waals surface area contributed by atoms with E-state index in [9.17, 15) is 8.42 Å². The molecule has 0 saturated carbocycles. The molecule has 10 nitrogen and oxygen atoms in total. The molecule has 4 heterocycles. The van der Waals surface area contributed by atoms with E-state index in [1.54, 1.807) is 6.20 Å². The molecule has 4 rings (SSSR count). The van der Waals surface area contributed by atoms with E-state index in [-0.39, 0.29) is 6.10 Å². The van der Waals surface area contributed by atoms with Gasteiger partial charge in [0.05, 0.1) is 24.7 Å². The highest BCUT2D eigenvalue weighted by Crippen LogP contribution is 2.21. The fraction of sp³-hybridized carbons (Fsp3) is 0.619. The predicted molar refractivity (Wildman–Crippen MR) is 119 cm³/mol. The van der Waals surface area contributed by atoms with Gasteiger partial charge >= 0.3 is 6.01 Å². The fourth-order valence-corrected chi connectivity index (χ4v) is 4.69. The number of ether oxygens (including phenoxy) is 2. The van der Waals surface area contributed by atoms with Crippen molar-refractivity contribution in [1.82, 2.24) is 24.2 Å². The van der Waals surface area contributed by atoms with Crippen LogP contribution in [0.2, 0.25) is 0 Å². The summed E-state index contributed by atoms with van der Waals surface area (Å²) in [6.07, 6.45) is 10.2. The highest BCUT2D eigenvalue weighted by atomic mass is 32.2. The molecule has 0 unspecified atom stereocenters. The van der Waals surface area contributed by atoms with E-state index in [0.29, 0.717) is 38.7 Å². The SMILES string of the molecule is CCc1cnc(N2CCC(OCCOc3ncc4c(n3)CCN(S(C)(=O)=O)C4)CC2)nc1. The molecule has 1 fully saturated rings. The molecule has 0 spiro atoms. The summed E-state index contributed by atoms with van der Waals surface area (Å²) in [5, 5.41) is 0. The van der Waals surface area contributed by atoms with Crippen LogP contribution in [0.25, 0.3) is 0 Å². The van der Waals surface area contributed by atoms with Crippen LogP contribution >= 0.6 is 0 Å². The third-order valence-corrected chi connectivity index (χ3v) is 7.09. The summed E-state index contributed by atoms with van der Waals surface area (Å²) in [5.41, 5.74) is 2.81. The van der Waals surface area contributed by atoms with Crippen LogP contribution in [0, 0.1) is 0 Å². The lowest BCUT2D eigenvalue weighted by molar-refractivity contribution is 0.0186. The van der Waals surface area contributed by atoms with Crippen molar-refractivity contribution in [3.63, 3.8) is 0 Å². The topological polar surface area (TPSA) is 111 Å².